The van der Waals surface area contributed by atoms with Gasteiger partial charge in [-0.25, -0.2) is 0 Å². The van der Waals surface area contributed by atoms with Crippen LogP contribution in [0.15, 0.2) is 0 Å². The second-order valence-electron chi connectivity index (χ2n) is 6.05. The van der Waals surface area contributed by atoms with Crippen LogP contribution in [0.4, 0.5) is 0 Å². The average molecular weight is 354 g/mol. The maximum absolute atomic E-state index is 10.2. The summed E-state index contributed by atoms with van der Waals surface area (Å²) in [5.41, 5.74) is 0. The van der Waals surface area contributed by atoms with Gasteiger partial charge in [-0.15, -0.1) is 0 Å². The summed E-state index contributed by atoms with van der Waals surface area (Å²) >= 11 is 0. The van der Waals surface area contributed by atoms with E-state index in [0.29, 0.717) is 0 Å². The lowest BCUT2D eigenvalue weighted by Gasteiger charge is -2.46. The zero-order valence-electron chi connectivity index (χ0n) is 13.5. The molecular formula is C14H26O10. The summed E-state index contributed by atoms with van der Waals surface area (Å²) in [6, 6.07) is 0. The van der Waals surface area contributed by atoms with Gasteiger partial charge in [-0.2, -0.15) is 0 Å². The molecule has 10 heteroatoms. The third-order valence-electron chi connectivity index (χ3n) is 4.49. The molecule has 2 rings (SSSR count). The molecule has 0 radical (unpaired) electrons. The molecule has 2 aliphatic rings. The van der Waals surface area contributed by atoms with Crippen molar-refractivity contribution in [3.8, 4) is 0 Å². The van der Waals surface area contributed by atoms with Crippen molar-refractivity contribution in [1.82, 2.24) is 0 Å². The molecule has 5 unspecified atom stereocenters. The lowest BCUT2D eigenvalue weighted by atomic mass is 9.95. The van der Waals surface area contributed by atoms with E-state index < -0.39 is 74.4 Å². The Labute approximate surface area is 139 Å². The first-order valence-corrected chi connectivity index (χ1v) is 7.78. The van der Waals surface area contributed by atoms with Crippen molar-refractivity contribution in [1.29, 1.82) is 0 Å². The molecule has 0 aromatic rings. The Morgan fingerprint density at radius 2 is 1.33 bits per heavy atom. The maximum atomic E-state index is 10.2. The fourth-order valence-electron chi connectivity index (χ4n) is 3.03. The van der Waals surface area contributed by atoms with Crippen molar-refractivity contribution >= 4 is 0 Å². The summed E-state index contributed by atoms with van der Waals surface area (Å²) < 4.78 is 21.1. The van der Waals surface area contributed by atoms with Crippen molar-refractivity contribution in [2.75, 3.05) is 20.3 Å². The summed E-state index contributed by atoms with van der Waals surface area (Å²) in [4.78, 5) is 0. The number of aliphatic hydroxyl groups excluding tert-OH is 6. The number of methoxy groups -OCH3 is 1. The number of hydrogen-bond donors (Lipinski definition) is 6. The first-order valence-electron chi connectivity index (χ1n) is 7.78. The van der Waals surface area contributed by atoms with Gasteiger partial charge in [0.15, 0.2) is 6.29 Å². The van der Waals surface area contributed by atoms with Crippen LogP contribution in [0.25, 0.3) is 0 Å². The van der Waals surface area contributed by atoms with Crippen molar-refractivity contribution in [3.05, 3.63) is 0 Å². The number of ether oxygens (including phenoxy) is 4. The molecule has 2 aliphatic heterocycles. The minimum atomic E-state index is -1.42. The zero-order chi connectivity index (χ0) is 18.0. The smallest absolute Gasteiger partial charge is 0.187 e. The van der Waals surface area contributed by atoms with Gasteiger partial charge in [-0.1, -0.05) is 0 Å². The van der Waals surface area contributed by atoms with Crippen LogP contribution in [0, 0.1) is 0 Å². The normalized spacial score (nSPS) is 50.0. The monoisotopic (exact) mass is 354 g/mol. The van der Waals surface area contributed by atoms with E-state index in [-0.39, 0.29) is 0 Å². The predicted molar refractivity (Wildman–Crippen MR) is 76.9 cm³/mol. The fraction of sp³-hybridized carbons (Fsp3) is 1.00. The van der Waals surface area contributed by atoms with E-state index in [1.807, 2.05) is 0 Å². The van der Waals surface area contributed by atoms with Gasteiger partial charge < -0.3 is 49.6 Å². The van der Waals surface area contributed by atoms with E-state index in [9.17, 15) is 30.6 Å². The average Bonchev–Trinajstić information content (AvgIpc) is 2.57. The van der Waals surface area contributed by atoms with Crippen LogP contribution in [0.1, 0.15) is 6.92 Å². The van der Waals surface area contributed by atoms with Gasteiger partial charge in [-0.05, 0) is 6.92 Å². The Morgan fingerprint density at radius 1 is 0.792 bits per heavy atom. The number of hydrogen-bond acceptors (Lipinski definition) is 10. The molecule has 0 saturated carbocycles. The Kier molecular flexibility index (Phi) is 6.90. The van der Waals surface area contributed by atoms with Crippen LogP contribution in [0.3, 0.4) is 0 Å². The van der Waals surface area contributed by atoms with Crippen molar-refractivity contribution in [2.45, 2.75) is 68.1 Å². The van der Waals surface area contributed by atoms with Gasteiger partial charge in [0.05, 0.1) is 19.3 Å². The minimum Gasteiger partial charge on any atom is -0.394 e. The third kappa shape index (κ3) is 3.73. The molecule has 6 N–H and O–H groups in total. The predicted octanol–water partition coefficient (Wildman–Crippen LogP) is -3.67. The van der Waals surface area contributed by atoms with Gasteiger partial charge in [0.25, 0.3) is 0 Å². The molecule has 0 amide bonds. The second-order valence-corrected chi connectivity index (χ2v) is 6.05. The molecule has 0 aromatic carbocycles. The molecule has 2 fully saturated rings. The highest BCUT2D eigenvalue weighted by Crippen LogP contribution is 2.29. The fourth-order valence-corrected chi connectivity index (χ4v) is 3.03. The SMILES string of the molecule is CO[C@@H]1C(O)[C@H](O[C@@H]2C(O)C(C)OC(CO)[C@H]2O)OC(CO)[C@H]1O. The van der Waals surface area contributed by atoms with Crippen LogP contribution in [-0.4, -0.2) is 112 Å². The molecule has 0 aromatic heterocycles. The minimum absolute atomic E-state index is 0.481. The van der Waals surface area contributed by atoms with E-state index in [4.69, 9.17) is 18.9 Å². The Balaban J connectivity index is 2.14. The molecule has 2 saturated heterocycles. The van der Waals surface area contributed by atoms with Crippen molar-refractivity contribution < 1.29 is 49.6 Å². The molecule has 2 heterocycles. The van der Waals surface area contributed by atoms with E-state index in [0.717, 1.165) is 0 Å². The van der Waals surface area contributed by atoms with Crippen molar-refractivity contribution in [3.63, 3.8) is 0 Å². The molecule has 10 atom stereocenters. The maximum Gasteiger partial charge on any atom is 0.187 e. The largest absolute Gasteiger partial charge is 0.394 e. The molecule has 0 spiro atoms. The molecule has 0 aliphatic carbocycles. The topological polar surface area (TPSA) is 158 Å². The first kappa shape index (κ1) is 19.9. The van der Waals surface area contributed by atoms with Crippen LogP contribution in [0.5, 0.6) is 0 Å². The quantitative estimate of drug-likeness (QED) is 0.290. The summed E-state index contributed by atoms with van der Waals surface area (Å²) in [5.74, 6) is 0. The van der Waals surface area contributed by atoms with Gasteiger partial charge in [0.1, 0.15) is 48.8 Å². The Hall–Kier alpha value is -0.400. The highest BCUT2D eigenvalue weighted by Gasteiger charge is 2.50. The summed E-state index contributed by atoms with van der Waals surface area (Å²) in [7, 11) is 1.27. The molecule has 24 heavy (non-hydrogen) atoms. The van der Waals surface area contributed by atoms with Gasteiger partial charge in [-0.3, -0.25) is 0 Å². The van der Waals surface area contributed by atoms with Gasteiger partial charge in [0, 0.05) is 7.11 Å². The van der Waals surface area contributed by atoms with Crippen LogP contribution >= 0.6 is 0 Å². The highest BCUT2D eigenvalue weighted by molar-refractivity contribution is 4.95. The zero-order valence-corrected chi connectivity index (χ0v) is 13.5. The lowest BCUT2D eigenvalue weighted by Crippen LogP contribution is -2.64. The molecule has 142 valence electrons. The number of aliphatic hydroxyl groups is 6. The summed E-state index contributed by atoms with van der Waals surface area (Å²) in [5, 5.41) is 59.1. The number of rotatable bonds is 5. The molecule has 10 nitrogen and oxygen atoms in total. The van der Waals surface area contributed by atoms with Crippen LogP contribution in [-0.2, 0) is 18.9 Å². The first-order chi connectivity index (χ1) is 11.3. The Morgan fingerprint density at radius 3 is 1.88 bits per heavy atom. The van der Waals surface area contributed by atoms with Gasteiger partial charge >= 0.3 is 0 Å². The van der Waals surface area contributed by atoms with Crippen LogP contribution in [0.2, 0.25) is 0 Å². The van der Waals surface area contributed by atoms with E-state index >= 15 is 0 Å². The highest BCUT2D eigenvalue weighted by atomic mass is 16.7. The second kappa shape index (κ2) is 8.32. The van der Waals surface area contributed by atoms with Crippen LogP contribution < -0.4 is 0 Å². The van der Waals surface area contributed by atoms with Gasteiger partial charge in [0.2, 0.25) is 0 Å². The Bertz CT molecular complexity index is 396. The standard InChI is InChI=1S/C14H26O10/c1-5-8(17)13(10(19)6(3-15)22-5)24-14-11(20)12(21-2)9(18)7(4-16)23-14/h5-20H,3-4H2,1-2H3/t5?,6?,7?,8?,9-,10-,11?,12+,13-,14+/m1/s1. The van der Waals surface area contributed by atoms with E-state index in [2.05, 4.69) is 0 Å². The summed E-state index contributed by atoms with van der Waals surface area (Å²) in [6.07, 6.45) is -11.7. The van der Waals surface area contributed by atoms with Crippen molar-refractivity contribution in [2.24, 2.45) is 0 Å². The lowest BCUT2D eigenvalue weighted by molar-refractivity contribution is -0.342. The summed E-state index contributed by atoms with van der Waals surface area (Å²) in [6.45, 7) is 0.527. The molecule has 0 bridgehead atoms. The van der Waals surface area contributed by atoms with E-state index in [1.165, 1.54) is 7.11 Å². The third-order valence-corrected chi connectivity index (χ3v) is 4.49. The molecular weight excluding hydrogens is 328 g/mol. The van der Waals surface area contributed by atoms with E-state index in [1.54, 1.807) is 6.92 Å².